The van der Waals surface area contributed by atoms with Crippen molar-refractivity contribution in [2.75, 3.05) is 0 Å². The van der Waals surface area contributed by atoms with Gasteiger partial charge in [-0.1, -0.05) is 16.9 Å². The molecule has 4 nitrogen and oxygen atoms in total. The quantitative estimate of drug-likeness (QED) is 0.523. The van der Waals surface area contributed by atoms with Crippen LogP contribution < -0.4 is 0 Å². The molecule has 3 heterocycles. The van der Waals surface area contributed by atoms with Crippen molar-refractivity contribution in [2.45, 2.75) is 55.7 Å². The molecule has 5 rings (SSSR count). The lowest BCUT2D eigenvalue weighted by atomic mass is 9.97. The monoisotopic (exact) mass is 343 g/mol. The number of aromatic nitrogens is 3. The van der Waals surface area contributed by atoms with Crippen molar-refractivity contribution in [1.82, 2.24) is 15.1 Å². The molecule has 0 saturated heterocycles. The first kappa shape index (κ1) is 14.0. The van der Waals surface area contributed by atoms with Crippen molar-refractivity contribution in [2.24, 2.45) is 0 Å². The number of hydrogen-bond donors (Lipinski definition) is 0. The highest BCUT2D eigenvalue weighted by Gasteiger charge is 2.23. The summed E-state index contributed by atoms with van der Waals surface area (Å²) in [4.78, 5) is 11.7. The van der Waals surface area contributed by atoms with E-state index in [9.17, 15) is 0 Å². The average molecular weight is 343 g/mol. The maximum Gasteiger partial charge on any atom is 0.140 e. The second-order valence-corrected chi connectivity index (χ2v) is 8.29. The van der Waals surface area contributed by atoms with Crippen LogP contribution in [0.1, 0.15) is 46.7 Å². The standard InChI is InChI=1S/C17H17N3OS2/c1-2-6-13-10(4-1)12(20-21-13)8-22-16-15-11-5-3-7-14(11)23-17(15)19-9-18-16/h9H,1-8H2. The third-order valence-electron chi connectivity index (χ3n) is 4.84. The predicted octanol–water partition coefficient (Wildman–Crippen LogP) is 4.34. The molecule has 118 valence electrons. The van der Waals surface area contributed by atoms with Gasteiger partial charge in [0.15, 0.2) is 0 Å². The Bertz CT molecular complexity index is 883. The van der Waals surface area contributed by atoms with Gasteiger partial charge < -0.3 is 4.52 Å². The molecular formula is C17H17N3OS2. The molecule has 0 unspecified atom stereocenters. The third kappa shape index (κ3) is 2.31. The molecule has 0 bridgehead atoms. The molecule has 0 atom stereocenters. The number of nitrogens with zero attached hydrogens (tertiary/aromatic N) is 3. The Balaban J connectivity index is 1.47. The van der Waals surface area contributed by atoms with Crippen LogP contribution in [-0.2, 0) is 31.4 Å². The molecule has 0 spiro atoms. The van der Waals surface area contributed by atoms with E-state index in [1.807, 2.05) is 11.3 Å². The van der Waals surface area contributed by atoms with Gasteiger partial charge in [0.25, 0.3) is 0 Å². The zero-order valence-electron chi connectivity index (χ0n) is 12.8. The number of thiophene rings is 1. The minimum absolute atomic E-state index is 0.843. The summed E-state index contributed by atoms with van der Waals surface area (Å²) in [6.45, 7) is 0. The Kier molecular flexibility index (Phi) is 3.40. The summed E-state index contributed by atoms with van der Waals surface area (Å²) in [5, 5.41) is 6.73. The van der Waals surface area contributed by atoms with Crippen LogP contribution in [0.4, 0.5) is 0 Å². The molecule has 0 N–H and O–H groups in total. The van der Waals surface area contributed by atoms with E-state index >= 15 is 0 Å². The maximum atomic E-state index is 5.53. The van der Waals surface area contributed by atoms with E-state index in [2.05, 4.69) is 15.1 Å². The second kappa shape index (κ2) is 5.60. The fourth-order valence-electron chi connectivity index (χ4n) is 3.71. The van der Waals surface area contributed by atoms with Gasteiger partial charge in [0, 0.05) is 28.0 Å². The number of aryl methyl sites for hydroxylation is 3. The van der Waals surface area contributed by atoms with Gasteiger partial charge in [0.2, 0.25) is 0 Å². The van der Waals surface area contributed by atoms with Crippen LogP contribution in [0.5, 0.6) is 0 Å². The van der Waals surface area contributed by atoms with Crippen LogP contribution in [0.25, 0.3) is 10.2 Å². The number of hydrogen-bond acceptors (Lipinski definition) is 6. The molecular weight excluding hydrogens is 326 g/mol. The summed E-state index contributed by atoms with van der Waals surface area (Å²) in [5.74, 6) is 1.95. The summed E-state index contributed by atoms with van der Waals surface area (Å²) in [6, 6.07) is 0. The topological polar surface area (TPSA) is 51.8 Å². The van der Waals surface area contributed by atoms with Crippen LogP contribution >= 0.6 is 23.1 Å². The number of rotatable bonds is 3. The van der Waals surface area contributed by atoms with Crippen LogP contribution in [0.2, 0.25) is 0 Å². The van der Waals surface area contributed by atoms with Crippen LogP contribution in [0.3, 0.4) is 0 Å². The largest absolute Gasteiger partial charge is 0.361 e. The van der Waals surface area contributed by atoms with Crippen molar-refractivity contribution >= 4 is 33.3 Å². The Morgan fingerprint density at radius 1 is 1.04 bits per heavy atom. The molecule has 0 amide bonds. The van der Waals surface area contributed by atoms with E-state index in [0.717, 1.165) is 39.9 Å². The predicted molar refractivity (Wildman–Crippen MR) is 92.1 cm³/mol. The maximum absolute atomic E-state index is 5.53. The lowest BCUT2D eigenvalue weighted by molar-refractivity contribution is 0.369. The molecule has 0 aromatic carbocycles. The van der Waals surface area contributed by atoms with Crippen molar-refractivity contribution < 1.29 is 4.52 Å². The van der Waals surface area contributed by atoms with Crippen molar-refractivity contribution in [1.29, 1.82) is 0 Å². The van der Waals surface area contributed by atoms with Gasteiger partial charge in [-0.3, -0.25) is 0 Å². The molecule has 0 fully saturated rings. The van der Waals surface area contributed by atoms with Crippen LogP contribution in [0, 0.1) is 0 Å². The van der Waals surface area contributed by atoms with E-state index in [1.165, 1.54) is 53.5 Å². The lowest BCUT2D eigenvalue weighted by Crippen LogP contribution is -2.01. The Labute approximate surface area is 142 Å². The summed E-state index contributed by atoms with van der Waals surface area (Å²) >= 11 is 3.63. The third-order valence-corrected chi connectivity index (χ3v) is 7.04. The Hall–Kier alpha value is -1.40. The van der Waals surface area contributed by atoms with E-state index in [-0.39, 0.29) is 0 Å². The van der Waals surface area contributed by atoms with Gasteiger partial charge >= 0.3 is 0 Å². The molecule has 2 aliphatic rings. The summed E-state index contributed by atoms with van der Waals surface area (Å²) in [6.07, 6.45) is 9.99. The molecule has 6 heteroatoms. The van der Waals surface area contributed by atoms with Crippen molar-refractivity contribution in [3.05, 3.63) is 33.8 Å². The highest BCUT2D eigenvalue weighted by Crippen LogP contribution is 2.41. The normalized spacial score (nSPS) is 16.7. The van der Waals surface area contributed by atoms with Gasteiger partial charge in [-0.25, -0.2) is 9.97 Å². The van der Waals surface area contributed by atoms with Gasteiger partial charge in [-0.05, 0) is 44.1 Å². The summed E-state index contributed by atoms with van der Waals surface area (Å²) < 4.78 is 5.53. The Morgan fingerprint density at radius 2 is 1.96 bits per heavy atom. The van der Waals surface area contributed by atoms with E-state index < -0.39 is 0 Å². The lowest BCUT2D eigenvalue weighted by Gasteiger charge is -2.09. The van der Waals surface area contributed by atoms with Gasteiger partial charge in [-0.2, -0.15) is 0 Å². The minimum atomic E-state index is 0.843. The molecule has 0 aliphatic heterocycles. The number of thioether (sulfide) groups is 1. The fourth-order valence-corrected chi connectivity index (χ4v) is 5.99. The molecule has 2 aliphatic carbocycles. The highest BCUT2D eigenvalue weighted by molar-refractivity contribution is 7.98. The first-order valence-electron chi connectivity index (χ1n) is 8.24. The molecule has 3 aromatic rings. The average Bonchev–Trinajstić information content (AvgIpc) is 3.26. The Morgan fingerprint density at radius 3 is 2.96 bits per heavy atom. The first-order chi connectivity index (χ1) is 11.4. The van der Waals surface area contributed by atoms with Crippen LogP contribution in [0.15, 0.2) is 15.9 Å². The number of fused-ring (bicyclic) bond motifs is 4. The first-order valence-corrected chi connectivity index (χ1v) is 10.0. The SMILES string of the molecule is c1nc(SCc2noc3c2CCCC3)c2c3c(sc2n1)CCC3. The minimum Gasteiger partial charge on any atom is -0.361 e. The van der Waals surface area contributed by atoms with Gasteiger partial charge in [-0.15, -0.1) is 11.3 Å². The molecule has 0 radical (unpaired) electrons. The van der Waals surface area contributed by atoms with E-state index in [1.54, 1.807) is 18.1 Å². The van der Waals surface area contributed by atoms with E-state index in [4.69, 9.17) is 4.52 Å². The van der Waals surface area contributed by atoms with Gasteiger partial charge in [0.1, 0.15) is 21.9 Å². The summed E-state index contributed by atoms with van der Waals surface area (Å²) in [5.41, 5.74) is 3.96. The van der Waals surface area contributed by atoms with Crippen molar-refractivity contribution in [3.63, 3.8) is 0 Å². The zero-order chi connectivity index (χ0) is 15.2. The van der Waals surface area contributed by atoms with Crippen molar-refractivity contribution in [3.8, 4) is 0 Å². The molecule has 0 saturated carbocycles. The van der Waals surface area contributed by atoms with Crippen LogP contribution in [-0.4, -0.2) is 15.1 Å². The van der Waals surface area contributed by atoms with Gasteiger partial charge in [0.05, 0.1) is 5.69 Å². The second-order valence-electron chi connectivity index (χ2n) is 6.24. The molecule has 23 heavy (non-hydrogen) atoms. The smallest absolute Gasteiger partial charge is 0.140 e. The fraction of sp³-hybridized carbons (Fsp3) is 0.471. The zero-order valence-corrected chi connectivity index (χ0v) is 14.4. The molecule has 3 aromatic heterocycles. The van der Waals surface area contributed by atoms with E-state index in [0.29, 0.717) is 0 Å². The highest BCUT2D eigenvalue weighted by atomic mass is 32.2. The summed E-state index contributed by atoms with van der Waals surface area (Å²) in [7, 11) is 0.